The Morgan fingerprint density at radius 2 is 1.87 bits per heavy atom. The number of carbonyl (C=O) groups excluding carboxylic acids is 1. The number of primary amides is 1. The Morgan fingerprint density at radius 1 is 1.16 bits per heavy atom. The topological polar surface area (TPSA) is 68.0 Å². The molecule has 1 aliphatic carbocycles. The first-order valence-electron chi connectivity index (χ1n) is 10.4. The van der Waals surface area contributed by atoms with Crippen LogP contribution in [0, 0.1) is 28.0 Å². The molecule has 2 aromatic carbocycles. The molecular formula is C24H24F2IN3O. The number of aryl methyl sites for hydroxylation is 1. The summed E-state index contributed by atoms with van der Waals surface area (Å²) in [4.78, 5) is 16.5. The minimum absolute atomic E-state index is 0.0683. The van der Waals surface area contributed by atoms with Crippen LogP contribution >= 0.6 is 22.6 Å². The molecule has 1 saturated carbocycles. The van der Waals surface area contributed by atoms with Crippen LogP contribution in [-0.4, -0.2) is 16.9 Å². The van der Waals surface area contributed by atoms with Crippen LogP contribution < -0.4 is 11.1 Å². The van der Waals surface area contributed by atoms with Crippen LogP contribution in [0.4, 0.5) is 14.6 Å². The zero-order valence-electron chi connectivity index (χ0n) is 17.2. The maximum atomic E-state index is 14.6. The maximum absolute atomic E-state index is 14.6. The van der Waals surface area contributed by atoms with Crippen molar-refractivity contribution in [2.24, 2.45) is 11.7 Å². The molecule has 31 heavy (non-hydrogen) atoms. The van der Waals surface area contributed by atoms with Gasteiger partial charge in [-0.2, -0.15) is 0 Å². The molecule has 4 nitrogen and oxygen atoms in total. The number of nitrogens with two attached hydrogens (primary N) is 1. The molecule has 1 heterocycles. The van der Waals surface area contributed by atoms with E-state index >= 15 is 0 Å². The van der Waals surface area contributed by atoms with Crippen molar-refractivity contribution in [2.75, 3.05) is 5.32 Å². The summed E-state index contributed by atoms with van der Waals surface area (Å²) in [6.07, 6.45) is 3.83. The van der Waals surface area contributed by atoms with Crippen molar-refractivity contribution in [3.63, 3.8) is 0 Å². The third-order valence-electron chi connectivity index (χ3n) is 6.14. The van der Waals surface area contributed by atoms with Crippen molar-refractivity contribution in [3.8, 4) is 0 Å². The molecule has 1 aliphatic rings. The number of nitrogens with one attached hydrogen (secondary N) is 1. The van der Waals surface area contributed by atoms with Crippen molar-refractivity contribution < 1.29 is 13.6 Å². The SMILES string of the molecule is Cc1cc(NC2CCC(Cc3c(C(N)=O)cc(I)c(F)c3F)CC2)nc2ccccc12. The van der Waals surface area contributed by atoms with E-state index in [-0.39, 0.29) is 26.7 Å². The molecule has 0 saturated heterocycles. The predicted molar refractivity (Wildman–Crippen MR) is 127 cm³/mol. The molecule has 3 N–H and O–H groups in total. The fraction of sp³-hybridized carbons (Fsp3) is 0.333. The molecule has 0 aliphatic heterocycles. The molecule has 3 aromatic rings. The Kier molecular flexibility index (Phi) is 6.41. The first-order valence-corrected chi connectivity index (χ1v) is 11.5. The predicted octanol–water partition coefficient (Wildman–Crippen LogP) is 5.74. The molecule has 4 rings (SSSR count). The molecule has 0 unspecified atom stereocenters. The maximum Gasteiger partial charge on any atom is 0.249 e. The second-order valence-corrected chi connectivity index (χ2v) is 9.45. The van der Waals surface area contributed by atoms with Crippen LogP contribution in [-0.2, 0) is 6.42 Å². The van der Waals surface area contributed by atoms with E-state index in [4.69, 9.17) is 10.7 Å². The largest absolute Gasteiger partial charge is 0.367 e. The number of anilines is 1. The summed E-state index contributed by atoms with van der Waals surface area (Å²) in [6, 6.07) is 11.8. The number of hydrogen-bond donors (Lipinski definition) is 2. The molecule has 162 valence electrons. The van der Waals surface area contributed by atoms with Crippen molar-refractivity contribution in [3.05, 3.63) is 68.3 Å². The lowest BCUT2D eigenvalue weighted by atomic mass is 9.81. The van der Waals surface area contributed by atoms with Gasteiger partial charge in [-0.15, -0.1) is 0 Å². The summed E-state index contributed by atoms with van der Waals surface area (Å²) in [5.74, 6) is -1.54. The number of hydrogen-bond acceptors (Lipinski definition) is 3. The van der Waals surface area contributed by atoms with E-state index in [9.17, 15) is 13.6 Å². The average Bonchev–Trinajstić information content (AvgIpc) is 2.75. The van der Waals surface area contributed by atoms with E-state index in [2.05, 4.69) is 24.4 Å². The molecule has 1 fully saturated rings. The third-order valence-corrected chi connectivity index (χ3v) is 6.93. The fourth-order valence-electron chi connectivity index (χ4n) is 4.48. The number of benzene rings is 2. The molecule has 7 heteroatoms. The molecular weight excluding hydrogens is 511 g/mol. The lowest BCUT2D eigenvalue weighted by molar-refractivity contribution is 0.0998. The Bertz CT molecular complexity index is 1140. The first kappa shape index (κ1) is 21.9. The van der Waals surface area contributed by atoms with Gasteiger partial charge in [-0.1, -0.05) is 18.2 Å². The van der Waals surface area contributed by atoms with Crippen LogP contribution in [0.25, 0.3) is 10.9 Å². The van der Waals surface area contributed by atoms with Crippen LogP contribution in [0.15, 0.2) is 36.4 Å². The van der Waals surface area contributed by atoms with Crippen molar-refractivity contribution in [2.45, 2.75) is 45.1 Å². The highest BCUT2D eigenvalue weighted by atomic mass is 127. The fourth-order valence-corrected chi connectivity index (χ4v) is 5.03. The summed E-state index contributed by atoms with van der Waals surface area (Å²) in [7, 11) is 0. The third kappa shape index (κ3) is 4.66. The second kappa shape index (κ2) is 9.06. The summed E-state index contributed by atoms with van der Waals surface area (Å²) < 4.78 is 28.7. The number of pyridine rings is 1. The number of nitrogens with zero attached hydrogens (tertiary/aromatic N) is 1. The number of amides is 1. The van der Waals surface area contributed by atoms with E-state index in [1.165, 1.54) is 11.6 Å². The van der Waals surface area contributed by atoms with Gasteiger partial charge in [0.25, 0.3) is 0 Å². The van der Waals surface area contributed by atoms with Crippen LogP contribution in [0.3, 0.4) is 0 Å². The quantitative estimate of drug-likeness (QED) is 0.324. The van der Waals surface area contributed by atoms with E-state index in [0.29, 0.717) is 6.42 Å². The van der Waals surface area contributed by atoms with E-state index in [0.717, 1.165) is 42.4 Å². The normalized spacial score (nSPS) is 18.8. The number of fused-ring (bicyclic) bond motifs is 1. The molecule has 0 spiro atoms. The zero-order chi connectivity index (χ0) is 22.1. The summed E-state index contributed by atoms with van der Waals surface area (Å²) in [5.41, 5.74) is 7.75. The standard InChI is InChI=1S/C24H24F2IN3O/c1-13-10-21(30-20-5-3-2-4-16(13)20)29-15-8-6-14(7-9-15)11-17-18(24(28)31)12-19(27)23(26)22(17)25/h2-5,10,12,14-15H,6-9,11H2,1H3,(H2,28,31)(H,29,30). The van der Waals surface area contributed by atoms with Crippen molar-refractivity contribution >= 4 is 45.2 Å². The minimum Gasteiger partial charge on any atom is -0.367 e. The van der Waals surface area contributed by atoms with Gasteiger partial charge in [0.05, 0.1) is 9.09 Å². The summed E-state index contributed by atoms with van der Waals surface area (Å²) in [5, 5.41) is 4.68. The van der Waals surface area contributed by atoms with Crippen LogP contribution in [0.1, 0.15) is 47.2 Å². The Morgan fingerprint density at radius 3 is 2.58 bits per heavy atom. The summed E-state index contributed by atoms with van der Waals surface area (Å²) >= 11 is 1.68. The van der Waals surface area contributed by atoms with E-state index < -0.39 is 17.5 Å². The number of rotatable bonds is 5. The number of halogens is 3. The van der Waals surface area contributed by atoms with Gasteiger partial charge in [-0.3, -0.25) is 4.79 Å². The highest BCUT2D eigenvalue weighted by molar-refractivity contribution is 14.1. The molecule has 1 aromatic heterocycles. The van der Waals surface area contributed by atoms with Gasteiger partial charge in [-0.25, -0.2) is 13.8 Å². The zero-order valence-corrected chi connectivity index (χ0v) is 19.4. The van der Waals surface area contributed by atoms with Gasteiger partial charge >= 0.3 is 0 Å². The number of aromatic nitrogens is 1. The monoisotopic (exact) mass is 535 g/mol. The average molecular weight is 535 g/mol. The van der Waals surface area contributed by atoms with Gasteiger partial charge in [-0.05, 0) is 91.3 Å². The molecule has 0 atom stereocenters. The van der Waals surface area contributed by atoms with Gasteiger partial charge in [0, 0.05) is 22.6 Å². The van der Waals surface area contributed by atoms with Crippen molar-refractivity contribution in [1.82, 2.24) is 4.98 Å². The van der Waals surface area contributed by atoms with Gasteiger partial charge < -0.3 is 11.1 Å². The van der Waals surface area contributed by atoms with E-state index in [1.807, 2.05) is 18.2 Å². The van der Waals surface area contributed by atoms with E-state index in [1.54, 1.807) is 22.6 Å². The molecule has 0 radical (unpaired) electrons. The molecule has 1 amide bonds. The summed E-state index contributed by atoms with van der Waals surface area (Å²) in [6.45, 7) is 2.08. The first-order chi connectivity index (χ1) is 14.8. The smallest absolute Gasteiger partial charge is 0.249 e. The Balaban J connectivity index is 1.43. The second-order valence-electron chi connectivity index (χ2n) is 8.28. The minimum atomic E-state index is -0.947. The van der Waals surface area contributed by atoms with Crippen LogP contribution in [0.2, 0.25) is 0 Å². The Labute approximate surface area is 193 Å². The number of para-hydroxylation sites is 1. The lowest BCUT2D eigenvalue weighted by Gasteiger charge is -2.30. The van der Waals surface area contributed by atoms with Gasteiger partial charge in [0.1, 0.15) is 5.82 Å². The molecule has 0 bridgehead atoms. The number of carbonyl (C=O) groups is 1. The highest BCUT2D eigenvalue weighted by Crippen LogP contribution is 2.32. The van der Waals surface area contributed by atoms with Crippen molar-refractivity contribution in [1.29, 1.82) is 0 Å². The van der Waals surface area contributed by atoms with Gasteiger partial charge in [0.2, 0.25) is 5.91 Å². The van der Waals surface area contributed by atoms with Crippen LogP contribution in [0.5, 0.6) is 0 Å². The Hall–Kier alpha value is -2.29. The van der Waals surface area contributed by atoms with Gasteiger partial charge in [0.15, 0.2) is 11.6 Å². The lowest BCUT2D eigenvalue weighted by Crippen LogP contribution is -2.28. The highest BCUT2D eigenvalue weighted by Gasteiger charge is 2.26.